The zero-order chi connectivity index (χ0) is 14.7. The molecule has 2 fully saturated rings. The van der Waals surface area contributed by atoms with Crippen molar-refractivity contribution in [2.24, 2.45) is 0 Å². The van der Waals surface area contributed by atoms with Crippen LogP contribution in [0.3, 0.4) is 0 Å². The van der Waals surface area contributed by atoms with Crippen molar-refractivity contribution in [3.63, 3.8) is 0 Å². The van der Waals surface area contributed by atoms with E-state index >= 15 is 0 Å². The first-order valence-electron chi connectivity index (χ1n) is 7.81. The van der Waals surface area contributed by atoms with Gasteiger partial charge in [-0.25, -0.2) is 0 Å². The highest BCUT2D eigenvalue weighted by Gasteiger charge is 2.28. The fraction of sp³-hybridized carbons (Fsp3) is 0.529. The second-order valence-corrected chi connectivity index (χ2v) is 5.96. The molecule has 0 atom stereocenters. The molecule has 1 saturated carbocycles. The van der Waals surface area contributed by atoms with Crippen molar-refractivity contribution in [1.29, 1.82) is 5.26 Å². The summed E-state index contributed by atoms with van der Waals surface area (Å²) >= 11 is 0. The van der Waals surface area contributed by atoms with Gasteiger partial charge in [-0.15, -0.1) is 0 Å². The predicted molar refractivity (Wildman–Crippen MR) is 80.9 cm³/mol. The number of carbonyl (C=O) groups excluding carboxylic acids is 1. The molecule has 0 unspecified atom stereocenters. The van der Waals surface area contributed by atoms with E-state index in [1.807, 2.05) is 4.90 Å². The summed E-state index contributed by atoms with van der Waals surface area (Å²) in [5, 5.41) is 8.93. The van der Waals surface area contributed by atoms with Gasteiger partial charge in [0.1, 0.15) is 0 Å². The molecule has 1 heterocycles. The Morgan fingerprint density at radius 1 is 1.14 bits per heavy atom. The van der Waals surface area contributed by atoms with Gasteiger partial charge >= 0.3 is 0 Å². The Morgan fingerprint density at radius 3 is 2.52 bits per heavy atom. The van der Waals surface area contributed by atoms with Gasteiger partial charge in [-0.2, -0.15) is 5.26 Å². The molecule has 4 heteroatoms. The highest BCUT2D eigenvalue weighted by molar-refractivity contribution is 5.94. The van der Waals surface area contributed by atoms with Gasteiger partial charge in [0.2, 0.25) is 0 Å². The average molecular weight is 283 g/mol. The van der Waals surface area contributed by atoms with E-state index in [-0.39, 0.29) is 5.91 Å². The zero-order valence-electron chi connectivity index (χ0n) is 12.3. The maximum absolute atomic E-state index is 12.5. The largest absolute Gasteiger partial charge is 0.336 e. The number of amides is 1. The Kier molecular flexibility index (Phi) is 4.21. The molecule has 1 aromatic carbocycles. The van der Waals surface area contributed by atoms with E-state index in [1.54, 1.807) is 24.3 Å². The number of hydrogen-bond acceptors (Lipinski definition) is 3. The van der Waals surface area contributed by atoms with Crippen LogP contribution in [0.4, 0.5) is 0 Å². The van der Waals surface area contributed by atoms with E-state index in [0.29, 0.717) is 11.1 Å². The molecular formula is C17H21N3O. The van der Waals surface area contributed by atoms with E-state index in [0.717, 1.165) is 32.2 Å². The molecule has 110 valence electrons. The number of piperazine rings is 1. The first kappa shape index (κ1) is 14.1. The van der Waals surface area contributed by atoms with Crippen LogP contribution in [0, 0.1) is 11.3 Å². The predicted octanol–water partition coefficient (Wildman–Crippen LogP) is 2.26. The highest BCUT2D eigenvalue weighted by atomic mass is 16.2. The second-order valence-electron chi connectivity index (χ2n) is 5.96. The lowest BCUT2D eigenvalue weighted by Crippen LogP contribution is -2.51. The molecule has 2 aliphatic rings. The summed E-state index contributed by atoms with van der Waals surface area (Å²) in [6, 6.07) is 9.82. The molecule has 0 radical (unpaired) electrons. The van der Waals surface area contributed by atoms with Crippen molar-refractivity contribution in [3.05, 3.63) is 35.4 Å². The lowest BCUT2D eigenvalue weighted by molar-refractivity contribution is 0.0573. The zero-order valence-corrected chi connectivity index (χ0v) is 12.3. The summed E-state index contributed by atoms with van der Waals surface area (Å²) in [4.78, 5) is 17.0. The third kappa shape index (κ3) is 3.08. The number of benzene rings is 1. The van der Waals surface area contributed by atoms with Gasteiger partial charge in [0.25, 0.3) is 5.91 Å². The molecule has 4 nitrogen and oxygen atoms in total. The Hall–Kier alpha value is -1.86. The minimum absolute atomic E-state index is 0.0539. The fourth-order valence-corrected chi connectivity index (χ4v) is 3.46. The molecule has 1 aliphatic heterocycles. The first-order chi connectivity index (χ1) is 10.3. The number of hydrogen-bond donors (Lipinski definition) is 0. The molecule has 1 aromatic rings. The number of rotatable bonds is 2. The average Bonchev–Trinajstić information content (AvgIpc) is 3.09. The monoisotopic (exact) mass is 283 g/mol. The maximum Gasteiger partial charge on any atom is 0.253 e. The minimum Gasteiger partial charge on any atom is -0.336 e. The maximum atomic E-state index is 12.5. The molecular weight excluding hydrogens is 262 g/mol. The SMILES string of the molecule is N#Cc1cccc(C(=O)N2CCN(C3CCCC3)CC2)c1. The molecule has 0 N–H and O–H groups in total. The summed E-state index contributed by atoms with van der Waals surface area (Å²) in [5.41, 5.74) is 1.17. The van der Waals surface area contributed by atoms with Gasteiger partial charge in [-0.05, 0) is 31.0 Å². The van der Waals surface area contributed by atoms with Crippen LogP contribution in [0.25, 0.3) is 0 Å². The topological polar surface area (TPSA) is 47.3 Å². The lowest BCUT2D eigenvalue weighted by atomic mass is 10.1. The van der Waals surface area contributed by atoms with Crippen molar-refractivity contribution in [2.75, 3.05) is 26.2 Å². The first-order valence-corrected chi connectivity index (χ1v) is 7.81. The number of carbonyl (C=O) groups is 1. The van der Waals surface area contributed by atoms with Gasteiger partial charge in [-0.1, -0.05) is 18.9 Å². The molecule has 0 spiro atoms. The molecule has 21 heavy (non-hydrogen) atoms. The molecule has 1 amide bonds. The second kappa shape index (κ2) is 6.28. The molecule has 3 rings (SSSR count). The third-order valence-corrected chi connectivity index (χ3v) is 4.68. The van der Waals surface area contributed by atoms with E-state index < -0.39 is 0 Å². The molecule has 1 saturated heterocycles. The summed E-state index contributed by atoms with van der Waals surface area (Å²) in [7, 11) is 0. The summed E-state index contributed by atoms with van der Waals surface area (Å²) < 4.78 is 0. The van der Waals surface area contributed by atoms with Crippen LogP contribution in [-0.2, 0) is 0 Å². The van der Waals surface area contributed by atoms with Crippen molar-refractivity contribution in [2.45, 2.75) is 31.7 Å². The van der Waals surface area contributed by atoms with Gasteiger partial charge in [-0.3, -0.25) is 9.69 Å². The molecule has 0 aromatic heterocycles. The molecule has 1 aliphatic carbocycles. The Bertz CT molecular complexity index is 549. The summed E-state index contributed by atoms with van der Waals surface area (Å²) in [6.45, 7) is 3.56. The minimum atomic E-state index is 0.0539. The smallest absolute Gasteiger partial charge is 0.253 e. The van der Waals surface area contributed by atoms with Crippen LogP contribution in [-0.4, -0.2) is 47.9 Å². The van der Waals surface area contributed by atoms with Crippen LogP contribution < -0.4 is 0 Å². The van der Waals surface area contributed by atoms with Gasteiger partial charge in [0, 0.05) is 37.8 Å². The number of nitriles is 1. The number of nitrogens with zero attached hydrogens (tertiary/aromatic N) is 3. The van der Waals surface area contributed by atoms with Crippen LogP contribution in [0.5, 0.6) is 0 Å². The van der Waals surface area contributed by atoms with Gasteiger partial charge < -0.3 is 4.90 Å². The van der Waals surface area contributed by atoms with E-state index in [2.05, 4.69) is 11.0 Å². The van der Waals surface area contributed by atoms with E-state index in [4.69, 9.17) is 5.26 Å². The molecule has 0 bridgehead atoms. The van der Waals surface area contributed by atoms with Crippen LogP contribution >= 0.6 is 0 Å². The third-order valence-electron chi connectivity index (χ3n) is 4.68. The van der Waals surface area contributed by atoms with Gasteiger partial charge in [0.05, 0.1) is 11.6 Å². The lowest BCUT2D eigenvalue weighted by Gasteiger charge is -2.38. The van der Waals surface area contributed by atoms with Crippen LogP contribution in [0.2, 0.25) is 0 Å². The van der Waals surface area contributed by atoms with Crippen LogP contribution in [0.15, 0.2) is 24.3 Å². The standard InChI is InChI=1S/C17H21N3O/c18-13-14-4-3-5-15(12-14)17(21)20-10-8-19(9-11-20)16-6-1-2-7-16/h3-5,12,16H,1-2,6-11H2. The quantitative estimate of drug-likeness (QED) is 0.836. The fourth-order valence-electron chi connectivity index (χ4n) is 3.46. The van der Waals surface area contributed by atoms with Crippen molar-refractivity contribution < 1.29 is 4.79 Å². The van der Waals surface area contributed by atoms with E-state index in [9.17, 15) is 4.79 Å². The summed E-state index contributed by atoms with van der Waals surface area (Å²) in [6.07, 6.45) is 5.34. The van der Waals surface area contributed by atoms with Crippen molar-refractivity contribution in [3.8, 4) is 6.07 Å². The van der Waals surface area contributed by atoms with Crippen molar-refractivity contribution in [1.82, 2.24) is 9.80 Å². The normalized spacial score (nSPS) is 20.4. The van der Waals surface area contributed by atoms with Crippen LogP contribution in [0.1, 0.15) is 41.6 Å². The summed E-state index contributed by atoms with van der Waals surface area (Å²) in [5.74, 6) is 0.0539. The van der Waals surface area contributed by atoms with E-state index in [1.165, 1.54) is 25.7 Å². The highest BCUT2D eigenvalue weighted by Crippen LogP contribution is 2.24. The van der Waals surface area contributed by atoms with Gasteiger partial charge in [0.15, 0.2) is 0 Å². The Balaban J connectivity index is 1.60. The van der Waals surface area contributed by atoms with Crippen molar-refractivity contribution >= 4 is 5.91 Å². The Labute approximate surface area is 126 Å². The Morgan fingerprint density at radius 2 is 1.86 bits per heavy atom.